The van der Waals surface area contributed by atoms with Gasteiger partial charge in [0.05, 0.1) is 18.3 Å². The Balaban J connectivity index is 2.23. The van der Waals surface area contributed by atoms with Crippen LogP contribution in [0.3, 0.4) is 0 Å². The van der Waals surface area contributed by atoms with Gasteiger partial charge in [-0.1, -0.05) is 0 Å². The number of nitrogens with zero attached hydrogens (tertiary/aromatic N) is 2. The van der Waals surface area contributed by atoms with Crippen LogP contribution < -0.4 is 10.6 Å². The third-order valence-corrected chi connectivity index (χ3v) is 2.37. The third-order valence-electron chi connectivity index (χ3n) is 2.37. The van der Waals surface area contributed by atoms with E-state index in [0.717, 1.165) is 16.6 Å². The summed E-state index contributed by atoms with van der Waals surface area (Å²) in [6.45, 7) is 0.311. The summed E-state index contributed by atoms with van der Waals surface area (Å²) in [4.78, 5) is 11.4. The van der Waals surface area contributed by atoms with Crippen LogP contribution in [0.15, 0.2) is 24.4 Å². The first kappa shape index (κ1) is 10.6. The minimum Gasteiger partial charge on any atom is -0.325 e. The quantitative estimate of drug-likeness (QED) is 0.798. The van der Waals surface area contributed by atoms with E-state index in [2.05, 4.69) is 15.7 Å². The lowest BCUT2D eigenvalue weighted by molar-refractivity contribution is -0.115. The second-order valence-electron chi connectivity index (χ2n) is 3.62. The summed E-state index contributed by atoms with van der Waals surface area (Å²) in [6, 6.07) is 5.73. The lowest BCUT2D eigenvalue weighted by atomic mass is 10.2. The number of aryl methyl sites for hydroxylation is 1. The molecule has 2 aromatic rings. The molecule has 0 fully saturated rings. The molecule has 2 rings (SSSR count). The monoisotopic (exact) mass is 218 g/mol. The Kier molecular flexibility index (Phi) is 2.87. The number of carbonyl (C=O) groups excluding carboxylic acids is 1. The van der Waals surface area contributed by atoms with Crippen LogP contribution in [0.4, 0.5) is 5.69 Å². The highest BCUT2D eigenvalue weighted by Crippen LogP contribution is 2.17. The normalized spacial score (nSPS) is 10.6. The van der Waals surface area contributed by atoms with Gasteiger partial charge in [0.25, 0.3) is 0 Å². The predicted molar refractivity (Wildman–Crippen MR) is 63.3 cm³/mol. The first-order valence-electron chi connectivity index (χ1n) is 5.07. The van der Waals surface area contributed by atoms with E-state index >= 15 is 0 Å². The summed E-state index contributed by atoms with van der Waals surface area (Å²) in [5.41, 5.74) is 1.84. The van der Waals surface area contributed by atoms with E-state index in [1.54, 1.807) is 17.9 Å². The SMILES string of the molecule is CNCC(=O)Nc1ccc2c(cnn2C)c1. The van der Waals surface area contributed by atoms with E-state index < -0.39 is 0 Å². The lowest BCUT2D eigenvalue weighted by Gasteiger charge is -2.04. The molecule has 0 saturated heterocycles. The van der Waals surface area contributed by atoms with Gasteiger partial charge in [0.2, 0.25) is 5.91 Å². The van der Waals surface area contributed by atoms with Crippen LogP contribution in [0.1, 0.15) is 0 Å². The Bertz CT molecular complexity index is 518. The molecule has 0 unspecified atom stereocenters. The Hall–Kier alpha value is -1.88. The molecule has 5 nitrogen and oxygen atoms in total. The molecular weight excluding hydrogens is 204 g/mol. The van der Waals surface area contributed by atoms with Crippen molar-refractivity contribution in [2.75, 3.05) is 18.9 Å². The molecule has 0 aliphatic carbocycles. The largest absolute Gasteiger partial charge is 0.325 e. The molecule has 0 aliphatic heterocycles. The molecule has 0 spiro atoms. The summed E-state index contributed by atoms with van der Waals surface area (Å²) in [5, 5.41) is 10.8. The molecule has 0 aliphatic rings. The van der Waals surface area contributed by atoms with Gasteiger partial charge in [-0.25, -0.2) is 0 Å². The maximum Gasteiger partial charge on any atom is 0.238 e. The second-order valence-corrected chi connectivity index (χ2v) is 3.62. The molecule has 0 bridgehead atoms. The van der Waals surface area contributed by atoms with Crippen molar-refractivity contribution in [1.29, 1.82) is 0 Å². The average Bonchev–Trinajstić information content (AvgIpc) is 2.60. The Morgan fingerprint density at radius 1 is 1.50 bits per heavy atom. The van der Waals surface area contributed by atoms with E-state index in [1.165, 1.54) is 0 Å². The molecule has 16 heavy (non-hydrogen) atoms. The second kappa shape index (κ2) is 4.32. The fraction of sp³-hybridized carbons (Fsp3) is 0.273. The van der Waals surface area contributed by atoms with E-state index in [-0.39, 0.29) is 5.91 Å². The van der Waals surface area contributed by atoms with Crippen molar-refractivity contribution in [3.8, 4) is 0 Å². The minimum absolute atomic E-state index is 0.0502. The van der Waals surface area contributed by atoms with Gasteiger partial charge in [0.1, 0.15) is 0 Å². The number of anilines is 1. The molecule has 2 N–H and O–H groups in total. The molecule has 5 heteroatoms. The predicted octanol–water partition coefficient (Wildman–Crippen LogP) is 0.731. The number of rotatable bonds is 3. The minimum atomic E-state index is -0.0502. The number of benzene rings is 1. The molecule has 1 aromatic heterocycles. The zero-order chi connectivity index (χ0) is 11.5. The molecule has 0 saturated carbocycles. The third kappa shape index (κ3) is 2.04. The Labute approximate surface area is 93.4 Å². The van der Waals surface area contributed by atoms with Crippen LogP contribution >= 0.6 is 0 Å². The molecule has 0 atom stereocenters. The number of aromatic nitrogens is 2. The first-order valence-corrected chi connectivity index (χ1v) is 5.07. The van der Waals surface area contributed by atoms with Gasteiger partial charge in [0, 0.05) is 18.1 Å². The summed E-state index contributed by atoms with van der Waals surface area (Å²) in [5.74, 6) is -0.0502. The molecular formula is C11H14N4O. The van der Waals surface area contributed by atoms with Gasteiger partial charge in [-0.2, -0.15) is 5.10 Å². The van der Waals surface area contributed by atoms with Crippen LogP contribution in [0, 0.1) is 0 Å². The van der Waals surface area contributed by atoms with Crippen molar-refractivity contribution in [2.24, 2.45) is 7.05 Å². The summed E-state index contributed by atoms with van der Waals surface area (Å²) in [6.07, 6.45) is 1.78. The van der Waals surface area contributed by atoms with E-state index in [1.807, 2.05) is 25.2 Å². The lowest BCUT2D eigenvalue weighted by Crippen LogP contribution is -2.24. The van der Waals surface area contributed by atoms with Crippen molar-refractivity contribution < 1.29 is 4.79 Å². The van der Waals surface area contributed by atoms with Crippen LogP contribution in [0.5, 0.6) is 0 Å². The first-order chi connectivity index (χ1) is 7.70. The smallest absolute Gasteiger partial charge is 0.238 e. The van der Waals surface area contributed by atoms with Crippen molar-refractivity contribution >= 4 is 22.5 Å². The van der Waals surface area contributed by atoms with Gasteiger partial charge in [-0.3, -0.25) is 9.48 Å². The maximum absolute atomic E-state index is 11.4. The van der Waals surface area contributed by atoms with Crippen LogP contribution in [0.25, 0.3) is 10.9 Å². The Morgan fingerprint density at radius 3 is 3.06 bits per heavy atom. The van der Waals surface area contributed by atoms with Crippen LogP contribution in [-0.2, 0) is 11.8 Å². The topological polar surface area (TPSA) is 59.0 Å². The number of hydrogen-bond acceptors (Lipinski definition) is 3. The van der Waals surface area contributed by atoms with Gasteiger partial charge < -0.3 is 10.6 Å². The van der Waals surface area contributed by atoms with Crippen molar-refractivity contribution in [2.45, 2.75) is 0 Å². The maximum atomic E-state index is 11.4. The molecule has 1 amide bonds. The van der Waals surface area contributed by atoms with Crippen molar-refractivity contribution in [1.82, 2.24) is 15.1 Å². The van der Waals surface area contributed by atoms with Crippen LogP contribution in [-0.4, -0.2) is 29.3 Å². The van der Waals surface area contributed by atoms with Gasteiger partial charge in [0.15, 0.2) is 0 Å². The molecule has 0 radical (unpaired) electrons. The van der Waals surface area contributed by atoms with E-state index in [4.69, 9.17) is 0 Å². The summed E-state index contributed by atoms with van der Waals surface area (Å²) < 4.78 is 1.80. The zero-order valence-corrected chi connectivity index (χ0v) is 9.32. The highest BCUT2D eigenvalue weighted by molar-refractivity contribution is 5.94. The van der Waals surface area contributed by atoms with Crippen molar-refractivity contribution in [3.63, 3.8) is 0 Å². The number of nitrogens with one attached hydrogen (secondary N) is 2. The fourth-order valence-electron chi connectivity index (χ4n) is 1.61. The number of fused-ring (bicyclic) bond motifs is 1. The molecule has 84 valence electrons. The summed E-state index contributed by atoms with van der Waals surface area (Å²) in [7, 11) is 3.63. The highest BCUT2D eigenvalue weighted by Gasteiger charge is 2.03. The van der Waals surface area contributed by atoms with Gasteiger partial charge in [-0.15, -0.1) is 0 Å². The number of likely N-dealkylation sites (N-methyl/N-ethyl adjacent to an activating group) is 1. The molecule has 1 heterocycles. The van der Waals surface area contributed by atoms with Gasteiger partial charge >= 0.3 is 0 Å². The average molecular weight is 218 g/mol. The number of amides is 1. The highest BCUT2D eigenvalue weighted by atomic mass is 16.1. The summed E-state index contributed by atoms with van der Waals surface area (Å²) >= 11 is 0. The fourth-order valence-corrected chi connectivity index (χ4v) is 1.61. The molecule has 1 aromatic carbocycles. The Morgan fingerprint density at radius 2 is 2.31 bits per heavy atom. The van der Waals surface area contributed by atoms with Crippen molar-refractivity contribution in [3.05, 3.63) is 24.4 Å². The number of hydrogen-bond donors (Lipinski definition) is 2. The van der Waals surface area contributed by atoms with Crippen LogP contribution in [0.2, 0.25) is 0 Å². The van der Waals surface area contributed by atoms with E-state index in [9.17, 15) is 4.79 Å². The zero-order valence-electron chi connectivity index (χ0n) is 9.32. The number of carbonyl (C=O) groups is 1. The standard InChI is InChI=1S/C11H14N4O/c1-12-7-11(16)14-9-3-4-10-8(5-9)6-13-15(10)2/h3-6,12H,7H2,1-2H3,(H,14,16). The van der Waals surface area contributed by atoms with Gasteiger partial charge in [-0.05, 0) is 25.2 Å². The van der Waals surface area contributed by atoms with E-state index in [0.29, 0.717) is 6.54 Å².